The Morgan fingerprint density at radius 1 is 1.18 bits per heavy atom. The van der Waals surface area contributed by atoms with Gasteiger partial charge < -0.3 is 14.3 Å². The molecule has 1 N–H and O–H groups in total. The molecule has 0 fully saturated rings. The van der Waals surface area contributed by atoms with Gasteiger partial charge >= 0.3 is 0 Å². The molecule has 0 atom stereocenters. The first-order valence-corrected chi connectivity index (χ1v) is 10.8. The van der Waals surface area contributed by atoms with E-state index in [1.807, 2.05) is 60.1 Å². The second-order valence-electron chi connectivity index (χ2n) is 5.97. The Labute approximate surface area is 182 Å². The van der Waals surface area contributed by atoms with E-state index in [1.54, 1.807) is 0 Å². The molecule has 4 rings (SSSR count). The summed E-state index contributed by atoms with van der Waals surface area (Å²) in [6.45, 7) is 0. The normalized spacial score (nSPS) is 11.1. The fourth-order valence-corrected chi connectivity index (χ4v) is 4.07. The highest BCUT2D eigenvalue weighted by Gasteiger charge is 2.16. The van der Waals surface area contributed by atoms with Crippen molar-refractivity contribution in [1.82, 2.24) is 14.8 Å². The number of carbonyl (C=O) groups excluding carboxylic acids is 1. The molecule has 9 heteroatoms. The lowest BCUT2D eigenvalue weighted by atomic mass is 10.2. The summed E-state index contributed by atoms with van der Waals surface area (Å²) in [5, 5.41) is 12.9. The standard InChI is InChI=1S/C19H14Br2N4O2S/c1-25-18(16-8-11-4-2-3-5-15(11)27-16)23-24-19(25)28-10-17(26)22-14-9-12(20)6-7-13(14)21/h2-9H,10H2,1H3,(H,22,26). The number of furan rings is 1. The average molecular weight is 522 g/mol. The lowest BCUT2D eigenvalue weighted by Crippen LogP contribution is -2.14. The van der Waals surface area contributed by atoms with Crippen molar-refractivity contribution in [3.8, 4) is 11.6 Å². The molecule has 0 bridgehead atoms. The van der Waals surface area contributed by atoms with Gasteiger partial charge in [0.15, 0.2) is 16.7 Å². The Hall–Kier alpha value is -2.10. The van der Waals surface area contributed by atoms with Gasteiger partial charge in [0.25, 0.3) is 0 Å². The van der Waals surface area contributed by atoms with Crippen LogP contribution >= 0.6 is 43.6 Å². The second kappa shape index (κ2) is 8.10. The van der Waals surface area contributed by atoms with Crippen LogP contribution in [0.3, 0.4) is 0 Å². The first kappa shape index (κ1) is 19.2. The van der Waals surface area contributed by atoms with Crippen LogP contribution < -0.4 is 5.32 Å². The lowest BCUT2D eigenvalue weighted by Gasteiger charge is -2.07. The maximum absolute atomic E-state index is 12.3. The summed E-state index contributed by atoms with van der Waals surface area (Å²) in [7, 11) is 1.85. The molecule has 0 unspecified atom stereocenters. The van der Waals surface area contributed by atoms with E-state index in [1.165, 1.54) is 11.8 Å². The zero-order chi connectivity index (χ0) is 19.7. The first-order valence-electron chi connectivity index (χ1n) is 8.27. The predicted octanol–water partition coefficient (Wildman–Crippen LogP) is 5.48. The van der Waals surface area contributed by atoms with Crippen molar-refractivity contribution < 1.29 is 9.21 Å². The molecule has 2 heterocycles. The van der Waals surface area contributed by atoms with E-state index >= 15 is 0 Å². The molecule has 0 aliphatic carbocycles. The van der Waals surface area contributed by atoms with Gasteiger partial charge in [0.1, 0.15) is 5.58 Å². The number of benzene rings is 2. The Morgan fingerprint density at radius 2 is 2.00 bits per heavy atom. The molecular weight excluding hydrogens is 508 g/mol. The number of nitrogens with zero attached hydrogens (tertiary/aromatic N) is 3. The third kappa shape index (κ3) is 4.01. The Morgan fingerprint density at radius 3 is 2.82 bits per heavy atom. The number of fused-ring (bicyclic) bond motifs is 1. The summed E-state index contributed by atoms with van der Waals surface area (Å²) in [6, 6.07) is 15.3. The molecule has 2 aromatic carbocycles. The lowest BCUT2D eigenvalue weighted by molar-refractivity contribution is -0.113. The minimum absolute atomic E-state index is 0.128. The number of amides is 1. The zero-order valence-corrected chi connectivity index (χ0v) is 18.6. The predicted molar refractivity (Wildman–Crippen MR) is 117 cm³/mol. The van der Waals surface area contributed by atoms with Gasteiger partial charge in [-0.25, -0.2) is 0 Å². The van der Waals surface area contributed by atoms with Crippen LogP contribution in [0.5, 0.6) is 0 Å². The van der Waals surface area contributed by atoms with Gasteiger partial charge in [-0.2, -0.15) is 0 Å². The third-order valence-corrected chi connectivity index (χ3v) is 6.22. The topological polar surface area (TPSA) is 73.0 Å². The largest absolute Gasteiger partial charge is 0.453 e. The maximum Gasteiger partial charge on any atom is 0.234 e. The molecule has 6 nitrogen and oxygen atoms in total. The van der Waals surface area contributed by atoms with Crippen molar-refractivity contribution in [3.63, 3.8) is 0 Å². The van der Waals surface area contributed by atoms with Gasteiger partial charge in [-0.3, -0.25) is 4.79 Å². The quantitative estimate of drug-likeness (QED) is 0.352. The number of nitrogens with one attached hydrogen (secondary N) is 1. The Bertz CT molecular complexity index is 1140. The summed E-state index contributed by atoms with van der Waals surface area (Å²) in [5.41, 5.74) is 1.51. The summed E-state index contributed by atoms with van der Waals surface area (Å²) >= 11 is 8.15. The van der Waals surface area contributed by atoms with E-state index in [0.717, 1.165) is 19.9 Å². The summed E-state index contributed by atoms with van der Waals surface area (Å²) in [6.07, 6.45) is 0. The van der Waals surface area contributed by atoms with Crippen LogP contribution in [0.1, 0.15) is 0 Å². The van der Waals surface area contributed by atoms with Gasteiger partial charge in [0, 0.05) is 21.4 Å². The van der Waals surface area contributed by atoms with Gasteiger partial charge in [-0.1, -0.05) is 45.9 Å². The number of aromatic nitrogens is 3. The highest BCUT2D eigenvalue weighted by molar-refractivity contribution is 9.11. The minimum atomic E-state index is -0.128. The van der Waals surface area contributed by atoms with Crippen LogP contribution in [0.15, 0.2) is 67.0 Å². The molecule has 0 radical (unpaired) electrons. The van der Waals surface area contributed by atoms with Crippen molar-refractivity contribution in [2.75, 3.05) is 11.1 Å². The monoisotopic (exact) mass is 520 g/mol. The van der Waals surface area contributed by atoms with E-state index in [-0.39, 0.29) is 11.7 Å². The SMILES string of the molecule is Cn1c(SCC(=O)Nc2cc(Br)ccc2Br)nnc1-c1cc2ccccc2o1. The van der Waals surface area contributed by atoms with Gasteiger partial charge in [-0.05, 0) is 46.3 Å². The molecule has 0 aliphatic heterocycles. The third-order valence-electron chi connectivity index (χ3n) is 4.02. The molecule has 2 aromatic heterocycles. The molecule has 0 saturated heterocycles. The number of para-hydroxylation sites is 1. The molecule has 0 aliphatic rings. The van der Waals surface area contributed by atoms with E-state index in [2.05, 4.69) is 47.4 Å². The van der Waals surface area contributed by atoms with Gasteiger partial charge in [-0.15, -0.1) is 10.2 Å². The van der Waals surface area contributed by atoms with Crippen molar-refractivity contribution in [2.24, 2.45) is 7.05 Å². The van der Waals surface area contributed by atoms with Gasteiger partial charge in [0.2, 0.25) is 5.91 Å². The highest BCUT2D eigenvalue weighted by Crippen LogP contribution is 2.29. The second-order valence-corrected chi connectivity index (χ2v) is 8.69. The van der Waals surface area contributed by atoms with E-state index in [4.69, 9.17) is 4.42 Å². The van der Waals surface area contributed by atoms with Crippen LogP contribution in [0, 0.1) is 0 Å². The number of halogens is 2. The van der Waals surface area contributed by atoms with Crippen molar-refractivity contribution in [1.29, 1.82) is 0 Å². The minimum Gasteiger partial charge on any atom is -0.453 e. The van der Waals surface area contributed by atoms with Gasteiger partial charge in [0.05, 0.1) is 11.4 Å². The van der Waals surface area contributed by atoms with Crippen LogP contribution in [0.25, 0.3) is 22.6 Å². The fraction of sp³-hybridized carbons (Fsp3) is 0.105. The Kier molecular flexibility index (Phi) is 5.56. The van der Waals surface area contributed by atoms with E-state index in [0.29, 0.717) is 22.4 Å². The Balaban J connectivity index is 1.46. The van der Waals surface area contributed by atoms with Crippen LogP contribution in [0.2, 0.25) is 0 Å². The number of rotatable bonds is 5. The number of carbonyl (C=O) groups is 1. The summed E-state index contributed by atoms with van der Waals surface area (Å²) < 4.78 is 9.39. The molecule has 4 aromatic rings. The van der Waals surface area contributed by atoms with E-state index in [9.17, 15) is 4.79 Å². The zero-order valence-electron chi connectivity index (χ0n) is 14.6. The summed E-state index contributed by atoms with van der Waals surface area (Å²) in [4.78, 5) is 12.3. The molecular formula is C19H14Br2N4O2S. The van der Waals surface area contributed by atoms with Crippen molar-refractivity contribution in [3.05, 3.63) is 57.5 Å². The van der Waals surface area contributed by atoms with Crippen LogP contribution in [0.4, 0.5) is 5.69 Å². The fourth-order valence-electron chi connectivity index (χ4n) is 2.66. The maximum atomic E-state index is 12.3. The molecule has 142 valence electrons. The molecule has 0 spiro atoms. The van der Waals surface area contributed by atoms with Crippen molar-refractivity contribution in [2.45, 2.75) is 5.16 Å². The average Bonchev–Trinajstić information content (AvgIpc) is 3.26. The van der Waals surface area contributed by atoms with E-state index < -0.39 is 0 Å². The molecule has 28 heavy (non-hydrogen) atoms. The van der Waals surface area contributed by atoms with Crippen LogP contribution in [-0.4, -0.2) is 26.4 Å². The first-order chi connectivity index (χ1) is 13.5. The molecule has 1 amide bonds. The molecule has 0 saturated carbocycles. The number of thioether (sulfide) groups is 1. The summed E-state index contributed by atoms with van der Waals surface area (Å²) in [5.74, 6) is 1.35. The number of anilines is 1. The van der Waals surface area contributed by atoms with Crippen molar-refractivity contribution >= 4 is 66.2 Å². The highest BCUT2D eigenvalue weighted by atomic mass is 79.9. The smallest absolute Gasteiger partial charge is 0.234 e. The number of hydrogen-bond donors (Lipinski definition) is 1. The number of hydrogen-bond acceptors (Lipinski definition) is 5. The van der Waals surface area contributed by atoms with Crippen LogP contribution in [-0.2, 0) is 11.8 Å².